The first-order chi connectivity index (χ1) is 12.6. The Labute approximate surface area is 152 Å². The molecule has 3 rings (SSSR count). The largest absolute Gasteiger partial charge is 0.449 e. The number of nitrogens with zero attached hydrogens (tertiary/aromatic N) is 1. The van der Waals surface area contributed by atoms with Crippen LogP contribution in [0.25, 0.3) is 0 Å². The van der Waals surface area contributed by atoms with Crippen LogP contribution in [0.4, 0.5) is 0 Å². The van der Waals surface area contributed by atoms with E-state index in [1.807, 2.05) is 25.1 Å². The number of rotatable bonds is 3. The molecule has 0 N–H and O–H groups in total. The second-order valence-corrected chi connectivity index (χ2v) is 6.42. The van der Waals surface area contributed by atoms with Crippen molar-refractivity contribution in [2.75, 3.05) is 6.54 Å². The number of imide groups is 1. The number of aryl methyl sites for hydroxylation is 1. The molecule has 0 bridgehead atoms. The molecule has 134 valence electrons. The van der Waals surface area contributed by atoms with Crippen LogP contribution in [0.1, 0.15) is 45.5 Å². The summed E-state index contributed by atoms with van der Waals surface area (Å²) < 4.78 is 5.44. The highest BCUT2D eigenvalue weighted by Crippen LogP contribution is 2.19. The fourth-order valence-electron chi connectivity index (χ4n) is 2.94. The summed E-state index contributed by atoms with van der Waals surface area (Å²) in [4.78, 5) is 39.0. The predicted octanol–water partition coefficient (Wildman–Crippen LogP) is 3.37. The predicted molar refractivity (Wildman–Crippen MR) is 96.7 cm³/mol. The number of amides is 2. The summed E-state index contributed by atoms with van der Waals surface area (Å²) in [5.74, 6) is -1.34. The van der Waals surface area contributed by atoms with Gasteiger partial charge in [-0.15, -0.1) is 0 Å². The van der Waals surface area contributed by atoms with Crippen molar-refractivity contribution < 1.29 is 19.1 Å². The minimum Gasteiger partial charge on any atom is -0.449 e. The molecule has 0 saturated carbocycles. The highest BCUT2D eigenvalue weighted by atomic mass is 16.5. The van der Waals surface area contributed by atoms with Gasteiger partial charge in [0.15, 0.2) is 6.10 Å². The molecule has 2 aromatic rings. The molecule has 1 atom stereocenters. The zero-order valence-corrected chi connectivity index (χ0v) is 14.7. The molecule has 2 aromatic carbocycles. The molecule has 0 unspecified atom stereocenters. The molecule has 5 nitrogen and oxygen atoms in total. The Bertz CT molecular complexity index is 799. The standard InChI is InChI=1S/C21H21NO4/c1-15-10-12-17(13-11-15)21(25)26-18-9-5-6-14-22(20(18)24)19(23)16-7-3-2-4-8-16/h2-4,7-8,10-13,18H,5-6,9,14H2,1H3/t18-/m1/s1. The van der Waals surface area contributed by atoms with Crippen molar-refractivity contribution >= 4 is 17.8 Å². The molecule has 1 saturated heterocycles. The van der Waals surface area contributed by atoms with Crippen molar-refractivity contribution in [2.45, 2.75) is 32.3 Å². The van der Waals surface area contributed by atoms with Crippen molar-refractivity contribution in [1.29, 1.82) is 0 Å². The van der Waals surface area contributed by atoms with Gasteiger partial charge < -0.3 is 4.74 Å². The van der Waals surface area contributed by atoms with E-state index in [-0.39, 0.29) is 5.91 Å². The minimum atomic E-state index is -0.932. The van der Waals surface area contributed by atoms with E-state index in [0.717, 1.165) is 12.0 Å². The Balaban J connectivity index is 1.75. The van der Waals surface area contributed by atoms with E-state index in [0.29, 0.717) is 30.5 Å². The summed E-state index contributed by atoms with van der Waals surface area (Å²) in [6.07, 6.45) is 0.910. The Kier molecular flexibility index (Phi) is 5.46. The summed E-state index contributed by atoms with van der Waals surface area (Å²) in [6, 6.07) is 15.6. The molecule has 1 heterocycles. The van der Waals surface area contributed by atoms with Crippen LogP contribution >= 0.6 is 0 Å². The van der Waals surface area contributed by atoms with Gasteiger partial charge in [-0.05, 0) is 50.5 Å². The summed E-state index contributed by atoms with van der Waals surface area (Å²) in [5, 5.41) is 0. The molecule has 1 aliphatic rings. The molecule has 2 amide bonds. The second kappa shape index (κ2) is 7.95. The Morgan fingerprint density at radius 2 is 1.65 bits per heavy atom. The van der Waals surface area contributed by atoms with Crippen LogP contribution in [0.2, 0.25) is 0 Å². The Morgan fingerprint density at radius 3 is 2.35 bits per heavy atom. The van der Waals surface area contributed by atoms with Gasteiger partial charge in [0.05, 0.1) is 5.56 Å². The maximum absolute atomic E-state index is 12.8. The SMILES string of the molecule is Cc1ccc(C(=O)O[C@@H]2CCCCN(C(=O)c3ccccc3)C2=O)cc1. The van der Waals surface area contributed by atoms with E-state index in [1.165, 1.54) is 4.90 Å². The van der Waals surface area contributed by atoms with Crippen LogP contribution in [0.5, 0.6) is 0 Å². The first-order valence-corrected chi connectivity index (χ1v) is 8.74. The fourth-order valence-corrected chi connectivity index (χ4v) is 2.94. The third-order valence-electron chi connectivity index (χ3n) is 4.44. The average molecular weight is 351 g/mol. The lowest BCUT2D eigenvalue weighted by Gasteiger charge is -2.22. The summed E-state index contributed by atoms with van der Waals surface area (Å²) in [6.45, 7) is 2.27. The number of esters is 1. The van der Waals surface area contributed by atoms with Gasteiger partial charge in [-0.25, -0.2) is 4.79 Å². The lowest BCUT2D eigenvalue weighted by molar-refractivity contribution is -0.137. The molecule has 26 heavy (non-hydrogen) atoms. The minimum absolute atomic E-state index is 0.338. The Morgan fingerprint density at radius 1 is 0.962 bits per heavy atom. The first kappa shape index (κ1) is 17.9. The zero-order valence-electron chi connectivity index (χ0n) is 14.7. The average Bonchev–Trinajstić information content (AvgIpc) is 2.84. The smallest absolute Gasteiger partial charge is 0.338 e. The number of ether oxygens (including phenoxy) is 1. The number of benzene rings is 2. The molecule has 5 heteroatoms. The second-order valence-electron chi connectivity index (χ2n) is 6.42. The van der Waals surface area contributed by atoms with Crippen LogP contribution in [0, 0.1) is 6.92 Å². The maximum atomic E-state index is 12.8. The van der Waals surface area contributed by atoms with E-state index in [9.17, 15) is 14.4 Å². The summed E-state index contributed by atoms with van der Waals surface area (Å²) in [5.41, 5.74) is 1.88. The van der Waals surface area contributed by atoms with Crippen LogP contribution in [0.15, 0.2) is 54.6 Å². The van der Waals surface area contributed by atoms with Crippen molar-refractivity contribution in [1.82, 2.24) is 4.90 Å². The number of hydrogen-bond donors (Lipinski definition) is 0. The maximum Gasteiger partial charge on any atom is 0.338 e. The molecule has 1 fully saturated rings. The number of carbonyl (C=O) groups excluding carboxylic acids is 3. The third-order valence-corrected chi connectivity index (χ3v) is 4.44. The molecular formula is C21H21NO4. The van der Waals surface area contributed by atoms with Gasteiger partial charge in [0.25, 0.3) is 11.8 Å². The van der Waals surface area contributed by atoms with E-state index >= 15 is 0 Å². The quantitative estimate of drug-likeness (QED) is 0.628. The van der Waals surface area contributed by atoms with Crippen molar-refractivity contribution in [2.24, 2.45) is 0 Å². The topological polar surface area (TPSA) is 63.7 Å². The summed E-state index contributed by atoms with van der Waals surface area (Å²) >= 11 is 0. The zero-order chi connectivity index (χ0) is 18.5. The van der Waals surface area contributed by atoms with Crippen LogP contribution < -0.4 is 0 Å². The lowest BCUT2D eigenvalue weighted by atomic mass is 10.1. The van der Waals surface area contributed by atoms with Crippen LogP contribution in [0.3, 0.4) is 0 Å². The molecule has 0 aromatic heterocycles. The van der Waals surface area contributed by atoms with Gasteiger partial charge in [-0.2, -0.15) is 0 Å². The van der Waals surface area contributed by atoms with Crippen LogP contribution in [-0.4, -0.2) is 35.3 Å². The monoisotopic (exact) mass is 351 g/mol. The molecule has 0 spiro atoms. The highest BCUT2D eigenvalue weighted by molar-refractivity contribution is 6.06. The molecular weight excluding hydrogens is 330 g/mol. The van der Waals surface area contributed by atoms with Gasteiger partial charge in [-0.1, -0.05) is 35.9 Å². The molecule has 1 aliphatic heterocycles. The highest BCUT2D eigenvalue weighted by Gasteiger charge is 2.34. The number of hydrogen-bond acceptors (Lipinski definition) is 4. The van der Waals surface area contributed by atoms with Gasteiger partial charge in [0.2, 0.25) is 0 Å². The fraction of sp³-hybridized carbons (Fsp3) is 0.286. The van der Waals surface area contributed by atoms with Crippen molar-refractivity contribution in [3.8, 4) is 0 Å². The molecule has 0 aliphatic carbocycles. The van der Waals surface area contributed by atoms with E-state index in [1.54, 1.807) is 36.4 Å². The number of likely N-dealkylation sites (tertiary alicyclic amines) is 1. The Hall–Kier alpha value is -2.95. The summed E-state index contributed by atoms with van der Waals surface area (Å²) in [7, 11) is 0. The van der Waals surface area contributed by atoms with E-state index < -0.39 is 18.0 Å². The van der Waals surface area contributed by atoms with Gasteiger partial charge >= 0.3 is 5.97 Å². The van der Waals surface area contributed by atoms with E-state index in [4.69, 9.17) is 4.74 Å². The number of carbonyl (C=O) groups is 3. The third kappa shape index (κ3) is 3.99. The first-order valence-electron chi connectivity index (χ1n) is 8.74. The normalized spacial score (nSPS) is 17.5. The van der Waals surface area contributed by atoms with Gasteiger partial charge in [-0.3, -0.25) is 14.5 Å². The van der Waals surface area contributed by atoms with Gasteiger partial charge in [0.1, 0.15) is 0 Å². The van der Waals surface area contributed by atoms with E-state index in [2.05, 4.69) is 0 Å². The van der Waals surface area contributed by atoms with Gasteiger partial charge in [0, 0.05) is 12.1 Å². The van der Waals surface area contributed by atoms with Crippen molar-refractivity contribution in [3.05, 3.63) is 71.3 Å². The molecule has 0 radical (unpaired) electrons. The lowest BCUT2D eigenvalue weighted by Crippen LogP contribution is -2.43. The van der Waals surface area contributed by atoms with Crippen molar-refractivity contribution in [3.63, 3.8) is 0 Å². The van der Waals surface area contributed by atoms with Crippen LogP contribution in [-0.2, 0) is 9.53 Å².